The van der Waals surface area contributed by atoms with Crippen LogP contribution in [0.2, 0.25) is 0 Å². The molecule has 0 bridgehead atoms. The third-order valence-corrected chi connectivity index (χ3v) is 5.25. The second-order valence-electron chi connectivity index (χ2n) is 5.78. The van der Waals surface area contributed by atoms with Gasteiger partial charge in [-0.05, 0) is 37.0 Å². The van der Waals surface area contributed by atoms with Gasteiger partial charge in [0.15, 0.2) is 0 Å². The van der Waals surface area contributed by atoms with Gasteiger partial charge in [0, 0.05) is 36.7 Å². The number of carbonyl (C=O) groups is 1. The van der Waals surface area contributed by atoms with E-state index in [1.165, 1.54) is 6.07 Å². The number of rotatable bonds is 7. The van der Waals surface area contributed by atoms with Gasteiger partial charge in [0.05, 0.1) is 18.9 Å². The van der Waals surface area contributed by atoms with Crippen molar-refractivity contribution in [1.82, 2.24) is 0 Å². The summed E-state index contributed by atoms with van der Waals surface area (Å²) in [5.74, 6) is -0.0467. The number of ether oxygens (including phenoxy) is 2. The maximum atomic E-state index is 11.9. The molecule has 1 aliphatic heterocycles. The average molecular weight is 376 g/mol. The molecule has 24 heavy (non-hydrogen) atoms. The largest absolute Gasteiger partial charge is 0.466 e. The van der Waals surface area contributed by atoms with Gasteiger partial charge in [0.2, 0.25) is 0 Å². The number of esters is 1. The van der Waals surface area contributed by atoms with Gasteiger partial charge < -0.3 is 14.8 Å². The van der Waals surface area contributed by atoms with Crippen molar-refractivity contribution in [3.63, 3.8) is 0 Å². The van der Waals surface area contributed by atoms with Crippen LogP contribution >= 0.6 is 10.7 Å². The van der Waals surface area contributed by atoms with E-state index < -0.39 is 9.05 Å². The minimum Gasteiger partial charge on any atom is -0.466 e. The molecule has 0 aromatic heterocycles. The number of hydrogen-bond acceptors (Lipinski definition) is 6. The topological polar surface area (TPSA) is 81.7 Å². The highest BCUT2D eigenvalue weighted by atomic mass is 35.7. The number of anilines is 1. The molecule has 0 fully saturated rings. The maximum absolute atomic E-state index is 11.9. The highest BCUT2D eigenvalue weighted by molar-refractivity contribution is 8.13. The number of benzene rings is 1. The number of carbonyl (C=O) groups excluding carboxylic acids is 1. The quantitative estimate of drug-likeness (QED) is 0.582. The lowest BCUT2D eigenvalue weighted by molar-refractivity contribution is -0.143. The molecule has 1 atom stereocenters. The van der Waals surface area contributed by atoms with Crippen LogP contribution in [0.3, 0.4) is 0 Å². The van der Waals surface area contributed by atoms with Gasteiger partial charge in [-0.25, -0.2) is 8.42 Å². The summed E-state index contributed by atoms with van der Waals surface area (Å²) in [6.07, 6.45) is 1.30. The Bertz CT molecular complexity index is 705. The van der Waals surface area contributed by atoms with Gasteiger partial charge in [-0.1, -0.05) is 6.07 Å². The second kappa shape index (κ2) is 8.18. The molecule has 0 saturated carbocycles. The van der Waals surface area contributed by atoms with Gasteiger partial charge >= 0.3 is 5.97 Å². The lowest BCUT2D eigenvalue weighted by Crippen LogP contribution is -2.27. The van der Waals surface area contributed by atoms with Crippen molar-refractivity contribution in [1.29, 1.82) is 0 Å². The van der Waals surface area contributed by atoms with Crippen LogP contribution in [-0.2, 0) is 36.2 Å². The Labute approximate surface area is 146 Å². The predicted octanol–water partition coefficient (Wildman–Crippen LogP) is 2.34. The maximum Gasteiger partial charge on any atom is 0.306 e. The molecule has 0 aliphatic carbocycles. The van der Waals surface area contributed by atoms with Crippen molar-refractivity contribution >= 4 is 31.4 Å². The number of halogens is 1. The minimum absolute atomic E-state index is 0.0661. The minimum atomic E-state index is -3.88. The third kappa shape index (κ3) is 4.84. The van der Waals surface area contributed by atoms with E-state index in [0.717, 1.165) is 11.1 Å². The van der Waals surface area contributed by atoms with Gasteiger partial charge in [0.25, 0.3) is 9.05 Å². The summed E-state index contributed by atoms with van der Waals surface area (Å²) >= 11 is 0. The number of methoxy groups -OCH3 is 1. The van der Waals surface area contributed by atoms with Crippen LogP contribution in [0.25, 0.3) is 0 Å². The Morgan fingerprint density at radius 1 is 1.42 bits per heavy atom. The van der Waals surface area contributed by atoms with Crippen molar-refractivity contribution in [3.8, 4) is 0 Å². The van der Waals surface area contributed by atoms with Crippen LogP contribution in [0.4, 0.5) is 5.69 Å². The first-order chi connectivity index (χ1) is 11.3. The molecule has 134 valence electrons. The Morgan fingerprint density at radius 3 is 2.79 bits per heavy atom. The predicted molar refractivity (Wildman–Crippen MR) is 92.0 cm³/mol. The first-order valence-corrected chi connectivity index (χ1v) is 10.1. The Balaban J connectivity index is 2.30. The first kappa shape index (κ1) is 19.0. The van der Waals surface area contributed by atoms with E-state index in [-0.39, 0.29) is 23.2 Å². The molecule has 1 heterocycles. The fourth-order valence-corrected chi connectivity index (χ4v) is 4.00. The molecule has 1 aromatic carbocycles. The summed E-state index contributed by atoms with van der Waals surface area (Å²) < 4.78 is 33.9. The zero-order chi connectivity index (χ0) is 17.7. The summed E-state index contributed by atoms with van der Waals surface area (Å²) in [4.78, 5) is 11.6. The monoisotopic (exact) mass is 375 g/mol. The number of nitrogens with one attached hydrogen (secondary N) is 1. The molecule has 8 heteroatoms. The highest BCUT2D eigenvalue weighted by Gasteiger charge is 2.26. The van der Waals surface area contributed by atoms with E-state index in [4.69, 9.17) is 20.2 Å². The van der Waals surface area contributed by atoms with Gasteiger partial charge in [-0.3, -0.25) is 4.79 Å². The zero-order valence-corrected chi connectivity index (χ0v) is 15.4. The molecule has 0 amide bonds. The standard InChI is InChI=1S/C16H22ClNO5S/c1-3-23-15(19)5-4-11-6-13-7-12(10-22-2)9-18-16(13)14(8-11)24(17,20)21/h6,8,12,18H,3-5,7,9-10H2,1-2H3/t12-/m0/s1. The van der Waals surface area contributed by atoms with E-state index in [1.807, 2.05) is 6.07 Å². The van der Waals surface area contributed by atoms with E-state index in [0.29, 0.717) is 38.3 Å². The normalized spacial score (nSPS) is 17.0. The van der Waals surface area contributed by atoms with Crippen molar-refractivity contribution in [2.75, 3.05) is 32.2 Å². The summed E-state index contributed by atoms with van der Waals surface area (Å²) in [6, 6.07) is 3.46. The second-order valence-corrected chi connectivity index (χ2v) is 8.31. The van der Waals surface area contributed by atoms with Gasteiger partial charge in [-0.15, -0.1) is 0 Å². The molecule has 0 saturated heterocycles. The smallest absolute Gasteiger partial charge is 0.306 e. The number of fused-ring (bicyclic) bond motifs is 1. The van der Waals surface area contributed by atoms with E-state index in [9.17, 15) is 13.2 Å². The van der Waals surface area contributed by atoms with Gasteiger partial charge in [0.1, 0.15) is 4.90 Å². The summed E-state index contributed by atoms with van der Waals surface area (Å²) in [5, 5.41) is 3.15. The van der Waals surface area contributed by atoms with Gasteiger partial charge in [-0.2, -0.15) is 0 Å². The summed E-state index contributed by atoms with van der Waals surface area (Å²) in [6.45, 7) is 3.29. The average Bonchev–Trinajstić information content (AvgIpc) is 2.51. The van der Waals surface area contributed by atoms with Crippen LogP contribution < -0.4 is 5.32 Å². The Morgan fingerprint density at radius 2 is 2.17 bits per heavy atom. The molecule has 0 radical (unpaired) electrons. The van der Waals surface area contributed by atoms with Crippen LogP contribution in [0, 0.1) is 5.92 Å². The fourth-order valence-electron chi connectivity index (χ4n) is 2.90. The Kier molecular flexibility index (Phi) is 6.48. The molecule has 1 N–H and O–H groups in total. The lowest BCUT2D eigenvalue weighted by Gasteiger charge is -2.27. The fraction of sp³-hybridized carbons (Fsp3) is 0.562. The third-order valence-electron chi connectivity index (χ3n) is 3.91. The molecule has 2 rings (SSSR count). The van der Waals surface area contributed by atoms with Crippen LogP contribution in [0.1, 0.15) is 24.5 Å². The zero-order valence-electron chi connectivity index (χ0n) is 13.8. The van der Waals surface area contributed by atoms with Crippen LogP contribution in [0.5, 0.6) is 0 Å². The first-order valence-electron chi connectivity index (χ1n) is 7.84. The molecule has 0 unspecified atom stereocenters. The molecular formula is C16H22ClNO5S. The lowest BCUT2D eigenvalue weighted by atomic mass is 9.92. The SMILES string of the molecule is CCOC(=O)CCc1cc2c(c(S(=O)(=O)Cl)c1)NC[C@@H](COC)C2. The Hall–Kier alpha value is -1.31. The molecule has 1 aliphatic rings. The van der Waals surface area contributed by atoms with Crippen molar-refractivity contribution in [3.05, 3.63) is 23.3 Å². The molecular weight excluding hydrogens is 354 g/mol. The van der Waals surface area contributed by atoms with E-state index >= 15 is 0 Å². The molecule has 6 nitrogen and oxygen atoms in total. The van der Waals surface area contributed by atoms with Crippen molar-refractivity contribution < 1.29 is 22.7 Å². The molecule has 0 spiro atoms. The summed E-state index contributed by atoms with van der Waals surface area (Å²) in [5.41, 5.74) is 2.18. The van der Waals surface area contributed by atoms with Crippen molar-refractivity contribution in [2.24, 2.45) is 5.92 Å². The summed E-state index contributed by atoms with van der Waals surface area (Å²) in [7, 11) is 3.35. The van der Waals surface area contributed by atoms with Crippen molar-refractivity contribution in [2.45, 2.75) is 31.1 Å². The molecule has 1 aromatic rings. The number of aryl methyl sites for hydroxylation is 1. The van der Waals surface area contributed by atoms with E-state index in [1.54, 1.807) is 14.0 Å². The van der Waals surface area contributed by atoms with Crippen LogP contribution in [0.15, 0.2) is 17.0 Å². The van der Waals surface area contributed by atoms with Crippen LogP contribution in [-0.4, -0.2) is 41.3 Å². The van der Waals surface area contributed by atoms with E-state index in [2.05, 4.69) is 5.32 Å². The highest BCUT2D eigenvalue weighted by Crippen LogP contribution is 2.35. The number of hydrogen-bond donors (Lipinski definition) is 1.